The van der Waals surface area contributed by atoms with Gasteiger partial charge in [-0.25, -0.2) is 0 Å². The fraction of sp³-hybridized carbons (Fsp3) is 0.261. The summed E-state index contributed by atoms with van der Waals surface area (Å²) in [5.74, 6) is 0. The van der Waals surface area contributed by atoms with E-state index in [9.17, 15) is 4.79 Å². The summed E-state index contributed by atoms with van der Waals surface area (Å²) < 4.78 is 6.04. The Labute approximate surface area is 159 Å². The molecule has 4 nitrogen and oxygen atoms in total. The van der Waals surface area contributed by atoms with Crippen molar-refractivity contribution >= 4 is 0 Å². The van der Waals surface area contributed by atoms with E-state index in [0.717, 1.165) is 36.3 Å². The first-order chi connectivity index (χ1) is 13.3. The molecule has 0 amide bonds. The molecule has 1 atom stereocenters. The molecule has 1 aliphatic rings. The van der Waals surface area contributed by atoms with E-state index in [2.05, 4.69) is 46.3 Å². The molecular formula is C23H24N2O2. The predicted octanol–water partition coefficient (Wildman–Crippen LogP) is 3.69. The first kappa shape index (κ1) is 17.7. The number of aromatic amines is 1. The lowest BCUT2D eigenvalue weighted by atomic mass is 9.96. The Hall–Kier alpha value is -2.69. The van der Waals surface area contributed by atoms with Gasteiger partial charge in [0.15, 0.2) is 5.43 Å². The Bertz CT molecular complexity index is 922. The molecule has 1 aromatic heterocycles. The molecule has 4 heteroatoms. The van der Waals surface area contributed by atoms with Crippen LogP contribution in [0.5, 0.6) is 0 Å². The molecule has 0 saturated carbocycles. The van der Waals surface area contributed by atoms with E-state index < -0.39 is 0 Å². The van der Waals surface area contributed by atoms with E-state index in [1.54, 1.807) is 12.3 Å². The van der Waals surface area contributed by atoms with Crippen LogP contribution < -0.4 is 5.43 Å². The van der Waals surface area contributed by atoms with Gasteiger partial charge in [0, 0.05) is 43.0 Å². The molecule has 4 rings (SSSR count). The van der Waals surface area contributed by atoms with E-state index >= 15 is 0 Å². The summed E-state index contributed by atoms with van der Waals surface area (Å²) in [5, 5.41) is 0. The van der Waals surface area contributed by atoms with Crippen LogP contribution in [0, 0.1) is 0 Å². The molecule has 27 heavy (non-hydrogen) atoms. The molecular weight excluding hydrogens is 336 g/mol. The highest BCUT2D eigenvalue weighted by Gasteiger charge is 2.30. The molecule has 0 radical (unpaired) electrons. The molecule has 138 valence electrons. The van der Waals surface area contributed by atoms with Crippen molar-refractivity contribution in [3.8, 4) is 0 Å². The van der Waals surface area contributed by atoms with E-state index in [1.165, 1.54) is 5.56 Å². The van der Waals surface area contributed by atoms with Gasteiger partial charge in [-0.1, -0.05) is 60.7 Å². The van der Waals surface area contributed by atoms with Gasteiger partial charge in [-0.05, 0) is 11.1 Å². The lowest BCUT2D eigenvalue weighted by molar-refractivity contribution is 0.0401. The van der Waals surface area contributed by atoms with Crippen molar-refractivity contribution in [1.82, 2.24) is 9.88 Å². The van der Waals surface area contributed by atoms with E-state index in [-0.39, 0.29) is 11.5 Å². The van der Waals surface area contributed by atoms with Crippen LogP contribution in [-0.4, -0.2) is 23.0 Å². The highest BCUT2D eigenvalue weighted by Crippen LogP contribution is 2.28. The fourth-order valence-electron chi connectivity index (χ4n) is 3.76. The van der Waals surface area contributed by atoms with Crippen LogP contribution in [0.1, 0.15) is 28.4 Å². The molecule has 2 heterocycles. The van der Waals surface area contributed by atoms with Gasteiger partial charge in [-0.15, -0.1) is 0 Å². The van der Waals surface area contributed by atoms with Crippen molar-refractivity contribution in [2.75, 3.05) is 13.2 Å². The summed E-state index contributed by atoms with van der Waals surface area (Å²) in [4.78, 5) is 18.2. The number of H-pyrrole nitrogens is 1. The minimum atomic E-state index is -0.0392. The summed E-state index contributed by atoms with van der Waals surface area (Å²) in [7, 11) is 0. The van der Waals surface area contributed by atoms with Crippen LogP contribution in [0.4, 0.5) is 0 Å². The maximum absolute atomic E-state index is 12.6. The second-order valence-electron chi connectivity index (χ2n) is 6.96. The largest absolute Gasteiger partial charge is 0.375 e. The number of aromatic nitrogens is 1. The third kappa shape index (κ3) is 4.18. The van der Waals surface area contributed by atoms with Crippen molar-refractivity contribution in [2.45, 2.75) is 25.6 Å². The number of hydrogen-bond acceptors (Lipinski definition) is 3. The summed E-state index contributed by atoms with van der Waals surface area (Å²) in [6.07, 6.45) is 2.60. The smallest absolute Gasteiger partial charge is 0.186 e. The van der Waals surface area contributed by atoms with Crippen LogP contribution in [0.15, 0.2) is 77.7 Å². The summed E-state index contributed by atoms with van der Waals surface area (Å²) >= 11 is 0. The minimum Gasteiger partial charge on any atom is -0.375 e. The number of pyridine rings is 1. The molecule has 0 fully saturated rings. The van der Waals surface area contributed by atoms with E-state index in [0.29, 0.717) is 13.2 Å². The number of benzene rings is 2. The van der Waals surface area contributed by atoms with Crippen molar-refractivity contribution in [1.29, 1.82) is 0 Å². The van der Waals surface area contributed by atoms with Crippen molar-refractivity contribution in [2.24, 2.45) is 0 Å². The predicted molar refractivity (Wildman–Crippen MR) is 106 cm³/mol. The Morgan fingerprint density at radius 2 is 1.67 bits per heavy atom. The fourth-order valence-corrected chi connectivity index (χ4v) is 3.76. The number of hydrogen-bond donors (Lipinski definition) is 1. The Morgan fingerprint density at radius 1 is 0.963 bits per heavy atom. The minimum absolute atomic E-state index is 0.0392. The maximum atomic E-state index is 12.6. The summed E-state index contributed by atoms with van der Waals surface area (Å²) in [5.41, 5.74) is 4.38. The second-order valence-corrected chi connectivity index (χ2v) is 6.96. The molecule has 1 aliphatic heterocycles. The van der Waals surface area contributed by atoms with Gasteiger partial charge < -0.3 is 9.72 Å². The van der Waals surface area contributed by atoms with Crippen LogP contribution in [0.25, 0.3) is 0 Å². The van der Waals surface area contributed by atoms with Gasteiger partial charge in [-0.3, -0.25) is 9.69 Å². The molecule has 1 N–H and O–H groups in total. The van der Waals surface area contributed by atoms with Crippen LogP contribution in [0.2, 0.25) is 0 Å². The zero-order chi connectivity index (χ0) is 18.5. The third-order valence-electron chi connectivity index (χ3n) is 5.12. The van der Waals surface area contributed by atoms with Crippen molar-refractivity contribution in [3.63, 3.8) is 0 Å². The van der Waals surface area contributed by atoms with E-state index in [4.69, 9.17) is 4.74 Å². The average molecular weight is 360 g/mol. The first-order valence-corrected chi connectivity index (χ1v) is 9.41. The standard InChI is InChI=1S/C23H24N2O2/c26-22-11-13-24-20-12-14-25(15-18-7-3-1-4-8-18)21(23(20)22)17-27-16-19-9-5-2-6-10-19/h1-11,13,21H,12,14-17H2,(H,24,26). The molecule has 1 unspecified atom stereocenters. The molecule has 3 aromatic rings. The third-order valence-corrected chi connectivity index (χ3v) is 5.12. The number of rotatable bonds is 6. The lowest BCUT2D eigenvalue weighted by Crippen LogP contribution is -2.40. The molecule has 0 aliphatic carbocycles. The van der Waals surface area contributed by atoms with Gasteiger partial charge in [-0.2, -0.15) is 0 Å². The van der Waals surface area contributed by atoms with Crippen LogP contribution in [0.3, 0.4) is 0 Å². The number of fused-ring (bicyclic) bond motifs is 1. The normalized spacial score (nSPS) is 16.8. The SMILES string of the molecule is O=c1cc[nH]c2c1C(COCc1ccccc1)N(Cc1ccccc1)CC2. The lowest BCUT2D eigenvalue weighted by Gasteiger charge is -2.36. The van der Waals surface area contributed by atoms with E-state index in [1.807, 2.05) is 24.3 Å². The molecule has 0 saturated heterocycles. The Kier molecular flexibility index (Phi) is 5.47. The zero-order valence-corrected chi connectivity index (χ0v) is 15.3. The zero-order valence-electron chi connectivity index (χ0n) is 15.3. The topological polar surface area (TPSA) is 45.3 Å². The van der Waals surface area contributed by atoms with Gasteiger partial charge in [0.05, 0.1) is 19.3 Å². The number of nitrogens with zero attached hydrogens (tertiary/aromatic N) is 1. The van der Waals surface area contributed by atoms with Crippen LogP contribution >= 0.6 is 0 Å². The monoisotopic (exact) mass is 360 g/mol. The van der Waals surface area contributed by atoms with Gasteiger partial charge in [0.1, 0.15) is 0 Å². The summed E-state index contributed by atoms with van der Waals surface area (Å²) in [6.45, 7) is 2.77. The summed E-state index contributed by atoms with van der Waals surface area (Å²) in [6, 6.07) is 22.1. The Morgan fingerprint density at radius 3 is 2.41 bits per heavy atom. The number of ether oxygens (including phenoxy) is 1. The molecule has 2 aromatic carbocycles. The van der Waals surface area contributed by atoms with Gasteiger partial charge in [0.25, 0.3) is 0 Å². The first-order valence-electron chi connectivity index (χ1n) is 9.41. The van der Waals surface area contributed by atoms with Crippen molar-refractivity contribution in [3.05, 3.63) is 106 Å². The van der Waals surface area contributed by atoms with Gasteiger partial charge in [0.2, 0.25) is 0 Å². The molecule has 0 spiro atoms. The Balaban J connectivity index is 1.55. The second kappa shape index (κ2) is 8.33. The quantitative estimate of drug-likeness (QED) is 0.729. The highest BCUT2D eigenvalue weighted by atomic mass is 16.5. The maximum Gasteiger partial charge on any atom is 0.186 e. The van der Waals surface area contributed by atoms with Crippen molar-refractivity contribution < 1.29 is 4.74 Å². The highest BCUT2D eigenvalue weighted by molar-refractivity contribution is 5.28. The number of nitrogens with one attached hydrogen (secondary N) is 1. The van der Waals surface area contributed by atoms with Crippen LogP contribution in [-0.2, 0) is 24.3 Å². The molecule has 0 bridgehead atoms. The van der Waals surface area contributed by atoms with Gasteiger partial charge >= 0.3 is 0 Å². The average Bonchev–Trinajstić information content (AvgIpc) is 2.71.